The zero-order valence-electron chi connectivity index (χ0n) is 11.0. The van der Waals surface area contributed by atoms with Crippen molar-refractivity contribution in [3.05, 3.63) is 29.1 Å². The molecule has 1 aromatic heterocycles. The molecule has 1 atom stereocenters. The third-order valence-electron chi connectivity index (χ3n) is 3.14. The third-order valence-corrected chi connectivity index (χ3v) is 3.14. The molecule has 1 N–H and O–H groups in total. The number of hydrogen-bond acceptors (Lipinski definition) is 3. The molecule has 0 radical (unpaired) electrons. The number of ether oxygens (including phenoxy) is 1. The largest absolute Gasteiger partial charge is 0.433 e. The Kier molecular flexibility index (Phi) is 4.27. The normalized spacial score (nSPS) is 19.1. The number of alkyl halides is 3. The van der Waals surface area contributed by atoms with Crippen LogP contribution in [0.5, 0.6) is 0 Å². The van der Waals surface area contributed by atoms with Crippen LogP contribution in [-0.4, -0.2) is 30.1 Å². The Labute approximate surface area is 114 Å². The van der Waals surface area contributed by atoms with Crippen molar-refractivity contribution in [2.24, 2.45) is 0 Å². The highest BCUT2D eigenvalue weighted by Gasteiger charge is 2.33. The van der Waals surface area contributed by atoms with Crippen LogP contribution in [0, 0.1) is 6.92 Å². The summed E-state index contributed by atoms with van der Waals surface area (Å²) < 4.78 is 42.8. The molecule has 1 saturated heterocycles. The van der Waals surface area contributed by atoms with Crippen LogP contribution in [0.2, 0.25) is 0 Å². The van der Waals surface area contributed by atoms with Gasteiger partial charge in [0.2, 0.25) is 0 Å². The summed E-state index contributed by atoms with van der Waals surface area (Å²) >= 11 is 0. The summed E-state index contributed by atoms with van der Waals surface area (Å²) in [7, 11) is 0. The van der Waals surface area contributed by atoms with Crippen LogP contribution >= 0.6 is 0 Å². The number of rotatable bonds is 3. The van der Waals surface area contributed by atoms with Crippen molar-refractivity contribution in [3.8, 4) is 0 Å². The van der Waals surface area contributed by atoms with Crippen molar-refractivity contribution < 1.29 is 22.7 Å². The van der Waals surface area contributed by atoms with E-state index in [9.17, 15) is 18.0 Å². The van der Waals surface area contributed by atoms with Gasteiger partial charge in [-0.05, 0) is 31.9 Å². The van der Waals surface area contributed by atoms with Gasteiger partial charge in [0, 0.05) is 13.2 Å². The number of nitrogens with one attached hydrogen (secondary N) is 1. The molecule has 20 heavy (non-hydrogen) atoms. The predicted molar refractivity (Wildman–Crippen MR) is 65.3 cm³/mol. The van der Waals surface area contributed by atoms with Crippen molar-refractivity contribution in [1.29, 1.82) is 0 Å². The Bertz CT molecular complexity index is 497. The van der Waals surface area contributed by atoms with E-state index in [4.69, 9.17) is 4.74 Å². The summed E-state index contributed by atoms with van der Waals surface area (Å²) in [6.45, 7) is 2.43. The number of aryl methyl sites for hydroxylation is 1. The van der Waals surface area contributed by atoms with Gasteiger partial charge in [-0.2, -0.15) is 13.2 Å². The molecule has 2 heterocycles. The SMILES string of the molecule is Cc1nc(C(F)(F)F)ccc1C(=O)NC[C@@H]1CCCO1. The number of aromatic nitrogens is 1. The summed E-state index contributed by atoms with van der Waals surface area (Å²) in [5, 5.41) is 2.65. The summed E-state index contributed by atoms with van der Waals surface area (Å²) in [6, 6.07) is 1.96. The number of pyridine rings is 1. The minimum Gasteiger partial charge on any atom is -0.376 e. The highest BCUT2D eigenvalue weighted by molar-refractivity contribution is 5.95. The van der Waals surface area contributed by atoms with E-state index in [2.05, 4.69) is 10.3 Å². The van der Waals surface area contributed by atoms with Gasteiger partial charge < -0.3 is 10.1 Å². The first-order valence-electron chi connectivity index (χ1n) is 6.32. The average molecular weight is 288 g/mol. The van der Waals surface area contributed by atoms with Gasteiger partial charge in [0.05, 0.1) is 17.4 Å². The first kappa shape index (κ1) is 14.8. The van der Waals surface area contributed by atoms with Gasteiger partial charge in [-0.1, -0.05) is 0 Å². The van der Waals surface area contributed by atoms with Crippen LogP contribution in [0.15, 0.2) is 12.1 Å². The maximum absolute atomic E-state index is 12.5. The van der Waals surface area contributed by atoms with Gasteiger partial charge in [0.15, 0.2) is 0 Å². The maximum Gasteiger partial charge on any atom is 0.433 e. The van der Waals surface area contributed by atoms with Crippen LogP contribution in [0.3, 0.4) is 0 Å². The van der Waals surface area contributed by atoms with Crippen LogP contribution in [-0.2, 0) is 10.9 Å². The molecule has 0 bridgehead atoms. The second-order valence-corrected chi connectivity index (χ2v) is 4.67. The highest BCUT2D eigenvalue weighted by atomic mass is 19.4. The fraction of sp³-hybridized carbons (Fsp3) is 0.538. The van der Waals surface area contributed by atoms with Crippen LogP contribution in [0.4, 0.5) is 13.2 Å². The molecule has 1 aliphatic rings. The highest BCUT2D eigenvalue weighted by Crippen LogP contribution is 2.28. The molecule has 1 fully saturated rings. The quantitative estimate of drug-likeness (QED) is 0.928. The van der Waals surface area contributed by atoms with E-state index in [1.165, 1.54) is 6.92 Å². The molecular formula is C13H15F3N2O2. The van der Waals surface area contributed by atoms with Crippen molar-refractivity contribution in [1.82, 2.24) is 10.3 Å². The molecule has 1 amide bonds. The molecule has 0 aromatic carbocycles. The van der Waals surface area contributed by atoms with Crippen molar-refractivity contribution >= 4 is 5.91 Å². The lowest BCUT2D eigenvalue weighted by Gasteiger charge is -2.13. The Morgan fingerprint density at radius 2 is 2.25 bits per heavy atom. The average Bonchev–Trinajstić information content (AvgIpc) is 2.87. The molecular weight excluding hydrogens is 273 g/mol. The van der Waals surface area contributed by atoms with Gasteiger partial charge >= 0.3 is 6.18 Å². The summed E-state index contributed by atoms with van der Waals surface area (Å²) in [5.74, 6) is -0.431. The summed E-state index contributed by atoms with van der Waals surface area (Å²) in [6.07, 6.45) is -2.68. The monoisotopic (exact) mass is 288 g/mol. The van der Waals surface area contributed by atoms with Gasteiger partial charge in [0.25, 0.3) is 5.91 Å². The van der Waals surface area contributed by atoms with E-state index in [0.29, 0.717) is 13.2 Å². The number of carbonyl (C=O) groups is 1. The first-order valence-corrected chi connectivity index (χ1v) is 6.32. The number of carbonyl (C=O) groups excluding carboxylic acids is 1. The molecule has 7 heteroatoms. The lowest BCUT2D eigenvalue weighted by molar-refractivity contribution is -0.141. The molecule has 1 aliphatic heterocycles. The molecule has 4 nitrogen and oxygen atoms in total. The minimum atomic E-state index is -4.50. The third kappa shape index (κ3) is 3.47. The number of hydrogen-bond donors (Lipinski definition) is 1. The topological polar surface area (TPSA) is 51.2 Å². The predicted octanol–water partition coefficient (Wildman–Crippen LogP) is 2.32. The van der Waals surface area contributed by atoms with Crippen molar-refractivity contribution in [2.75, 3.05) is 13.2 Å². The minimum absolute atomic E-state index is 0.0123. The van der Waals surface area contributed by atoms with Crippen LogP contribution in [0.25, 0.3) is 0 Å². The van der Waals surface area contributed by atoms with Gasteiger partial charge in [-0.15, -0.1) is 0 Å². The fourth-order valence-corrected chi connectivity index (χ4v) is 2.07. The molecule has 0 aliphatic carbocycles. The summed E-state index contributed by atoms with van der Waals surface area (Å²) in [5.41, 5.74) is -0.786. The summed E-state index contributed by atoms with van der Waals surface area (Å²) in [4.78, 5) is 15.3. The molecule has 0 saturated carbocycles. The fourth-order valence-electron chi connectivity index (χ4n) is 2.07. The maximum atomic E-state index is 12.5. The standard InChI is InChI=1S/C13H15F3N2O2/c1-8-10(4-5-11(18-8)13(14,15)16)12(19)17-7-9-3-2-6-20-9/h4-5,9H,2-3,6-7H2,1H3,(H,17,19)/t9-/m0/s1. The van der Waals surface area contributed by atoms with Gasteiger partial charge in [0.1, 0.15) is 5.69 Å². The Morgan fingerprint density at radius 1 is 1.50 bits per heavy atom. The van der Waals surface area contributed by atoms with E-state index in [1.54, 1.807) is 0 Å². The Balaban J connectivity index is 2.02. The van der Waals surface area contributed by atoms with Crippen molar-refractivity contribution in [2.45, 2.75) is 32.0 Å². The zero-order chi connectivity index (χ0) is 14.8. The first-order chi connectivity index (χ1) is 9.38. The molecule has 0 spiro atoms. The number of amides is 1. The van der Waals surface area contributed by atoms with E-state index in [0.717, 1.165) is 25.0 Å². The van der Waals surface area contributed by atoms with E-state index >= 15 is 0 Å². The van der Waals surface area contributed by atoms with E-state index in [-0.39, 0.29) is 17.4 Å². The number of nitrogens with zero attached hydrogens (tertiary/aromatic N) is 1. The van der Waals surface area contributed by atoms with Crippen molar-refractivity contribution in [3.63, 3.8) is 0 Å². The second-order valence-electron chi connectivity index (χ2n) is 4.67. The number of halogens is 3. The van der Waals surface area contributed by atoms with Crippen LogP contribution in [0.1, 0.15) is 34.6 Å². The molecule has 0 unspecified atom stereocenters. The molecule has 110 valence electrons. The smallest absolute Gasteiger partial charge is 0.376 e. The van der Waals surface area contributed by atoms with Crippen LogP contribution < -0.4 is 5.32 Å². The van der Waals surface area contributed by atoms with E-state index < -0.39 is 17.8 Å². The lowest BCUT2D eigenvalue weighted by atomic mass is 10.1. The zero-order valence-corrected chi connectivity index (χ0v) is 11.0. The van der Waals surface area contributed by atoms with Gasteiger partial charge in [-0.25, -0.2) is 4.98 Å². The molecule has 2 rings (SSSR count). The van der Waals surface area contributed by atoms with Gasteiger partial charge in [-0.3, -0.25) is 4.79 Å². The molecule has 1 aromatic rings. The Hall–Kier alpha value is -1.63. The van der Waals surface area contributed by atoms with E-state index in [1.807, 2.05) is 0 Å². The Morgan fingerprint density at radius 3 is 2.80 bits per heavy atom. The second kappa shape index (κ2) is 5.78. The lowest BCUT2D eigenvalue weighted by Crippen LogP contribution is -2.32.